The second-order valence-electron chi connectivity index (χ2n) is 4.67. The van der Waals surface area contributed by atoms with E-state index in [1.807, 2.05) is 0 Å². The average molecular weight is 214 g/mol. The minimum atomic E-state index is 0.774. The Kier molecular flexibility index (Phi) is 4.14. The molecule has 0 aromatic heterocycles. The van der Waals surface area contributed by atoms with E-state index in [1.165, 1.54) is 43.9 Å². The van der Waals surface area contributed by atoms with Crippen LogP contribution in [-0.4, -0.2) is 36.7 Å². The lowest BCUT2D eigenvalue weighted by Crippen LogP contribution is -2.42. The van der Waals surface area contributed by atoms with Crippen LogP contribution in [0.1, 0.15) is 26.2 Å². The molecule has 2 aliphatic heterocycles. The largest absolute Gasteiger partial charge is 0.317 e. The van der Waals surface area contributed by atoms with E-state index in [9.17, 15) is 0 Å². The van der Waals surface area contributed by atoms with Gasteiger partial charge in [0.1, 0.15) is 0 Å². The minimum Gasteiger partial charge on any atom is -0.317 e. The molecule has 0 spiro atoms. The molecule has 0 aliphatic carbocycles. The van der Waals surface area contributed by atoms with Gasteiger partial charge in [0.15, 0.2) is 0 Å². The summed E-state index contributed by atoms with van der Waals surface area (Å²) in [5.74, 6) is 3.55. The Morgan fingerprint density at radius 3 is 2.93 bits per heavy atom. The zero-order chi connectivity index (χ0) is 9.80. The Labute approximate surface area is 91.6 Å². The van der Waals surface area contributed by atoms with Crippen LogP contribution in [0, 0.1) is 5.92 Å². The topological polar surface area (TPSA) is 24.1 Å². The second-order valence-corrected chi connectivity index (χ2v) is 5.74. The van der Waals surface area contributed by atoms with Crippen molar-refractivity contribution in [2.45, 2.75) is 38.3 Å². The van der Waals surface area contributed by atoms with Crippen molar-refractivity contribution in [1.29, 1.82) is 0 Å². The molecule has 82 valence electrons. The molecule has 2 N–H and O–H groups in total. The van der Waals surface area contributed by atoms with E-state index in [1.54, 1.807) is 0 Å². The quantitative estimate of drug-likeness (QED) is 0.728. The summed E-state index contributed by atoms with van der Waals surface area (Å²) in [4.78, 5) is 0. The summed E-state index contributed by atoms with van der Waals surface area (Å²) in [5, 5.41) is 7.31. The summed E-state index contributed by atoms with van der Waals surface area (Å²) in [7, 11) is 0. The van der Waals surface area contributed by atoms with Crippen molar-refractivity contribution in [1.82, 2.24) is 10.6 Å². The maximum atomic E-state index is 3.85. The number of hydrogen-bond acceptors (Lipinski definition) is 3. The predicted octanol–water partition coefficient (Wildman–Crippen LogP) is 1.47. The molecule has 2 fully saturated rings. The summed E-state index contributed by atoms with van der Waals surface area (Å²) in [6, 6.07) is 1.55. The van der Waals surface area contributed by atoms with Gasteiger partial charge in [-0.1, -0.05) is 6.92 Å². The molecule has 0 amide bonds. The van der Waals surface area contributed by atoms with Gasteiger partial charge in [0.05, 0.1) is 0 Å². The standard InChI is InChI=1S/C11H22N2S/c1-9-7-14-8-11(9)13-10-3-2-5-12-6-4-10/h9-13H,2-8H2,1H3. The van der Waals surface area contributed by atoms with Gasteiger partial charge in [0.25, 0.3) is 0 Å². The van der Waals surface area contributed by atoms with Crippen LogP contribution in [0.4, 0.5) is 0 Å². The van der Waals surface area contributed by atoms with Crippen molar-refractivity contribution >= 4 is 11.8 Å². The number of nitrogens with one attached hydrogen (secondary N) is 2. The Hall–Kier alpha value is 0.270. The Morgan fingerprint density at radius 1 is 1.21 bits per heavy atom. The summed E-state index contributed by atoms with van der Waals surface area (Å²) in [6.07, 6.45) is 4.01. The Morgan fingerprint density at radius 2 is 2.14 bits per heavy atom. The number of hydrogen-bond donors (Lipinski definition) is 2. The van der Waals surface area contributed by atoms with Crippen molar-refractivity contribution in [3.63, 3.8) is 0 Å². The van der Waals surface area contributed by atoms with Crippen LogP contribution in [0.5, 0.6) is 0 Å². The van der Waals surface area contributed by atoms with Crippen molar-refractivity contribution in [2.75, 3.05) is 24.6 Å². The molecule has 2 heterocycles. The molecular weight excluding hydrogens is 192 g/mol. The maximum Gasteiger partial charge on any atom is 0.0194 e. The van der Waals surface area contributed by atoms with Gasteiger partial charge in [-0.25, -0.2) is 0 Å². The highest BCUT2D eigenvalue weighted by molar-refractivity contribution is 7.99. The number of thioether (sulfide) groups is 1. The molecule has 2 aliphatic rings. The lowest BCUT2D eigenvalue weighted by Gasteiger charge is -2.23. The Bertz CT molecular complexity index is 167. The zero-order valence-corrected chi connectivity index (χ0v) is 9.91. The highest BCUT2D eigenvalue weighted by atomic mass is 32.2. The van der Waals surface area contributed by atoms with Crippen LogP contribution in [0.3, 0.4) is 0 Å². The van der Waals surface area contributed by atoms with Gasteiger partial charge in [0.2, 0.25) is 0 Å². The number of rotatable bonds is 2. The lowest BCUT2D eigenvalue weighted by molar-refractivity contribution is 0.370. The van der Waals surface area contributed by atoms with E-state index in [-0.39, 0.29) is 0 Å². The first-order valence-corrected chi connectivity index (χ1v) is 7.06. The molecule has 0 radical (unpaired) electrons. The second kappa shape index (κ2) is 5.38. The first kappa shape index (κ1) is 10.8. The molecule has 3 atom stereocenters. The van der Waals surface area contributed by atoms with Gasteiger partial charge in [0, 0.05) is 17.8 Å². The third-order valence-electron chi connectivity index (χ3n) is 3.39. The van der Waals surface area contributed by atoms with E-state index in [4.69, 9.17) is 0 Å². The van der Waals surface area contributed by atoms with Gasteiger partial charge in [-0.05, 0) is 44.0 Å². The summed E-state index contributed by atoms with van der Waals surface area (Å²) in [6.45, 7) is 4.80. The average Bonchev–Trinajstić information content (AvgIpc) is 2.44. The van der Waals surface area contributed by atoms with Crippen molar-refractivity contribution in [3.05, 3.63) is 0 Å². The van der Waals surface area contributed by atoms with Crippen molar-refractivity contribution in [3.8, 4) is 0 Å². The van der Waals surface area contributed by atoms with Crippen molar-refractivity contribution < 1.29 is 0 Å². The fraction of sp³-hybridized carbons (Fsp3) is 1.00. The maximum absolute atomic E-state index is 3.85. The highest BCUT2D eigenvalue weighted by Gasteiger charge is 2.26. The van der Waals surface area contributed by atoms with Crippen molar-refractivity contribution in [2.24, 2.45) is 5.92 Å². The third-order valence-corrected chi connectivity index (χ3v) is 4.75. The van der Waals surface area contributed by atoms with Crippen LogP contribution in [0.15, 0.2) is 0 Å². The van der Waals surface area contributed by atoms with Crippen LogP contribution < -0.4 is 10.6 Å². The highest BCUT2D eigenvalue weighted by Crippen LogP contribution is 2.24. The van der Waals surface area contributed by atoms with Crippen LogP contribution in [-0.2, 0) is 0 Å². The van der Waals surface area contributed by atoms with E-state index < -0.39 is 0 Å². The monoisotopic (exact) mass is 214 g/mol. The first-order valence-electron chi connectivity index (χ1n) is 5.91. The normalized spacial score (nSPS) is 39.6. The van der Waals surface area contributed by atoms with E-state index in [0.29, 0.717) is 0 Å². The SMILES string of the molecule is CC1CSCC1NC1CCCNCC1. The molecule has 14 heavy (non-hydrogen) atoms. The molecule has 2 saturated heterocycles. The summed E-state index contributed by atoms with van der Waals surface area (Å²) in [5.41, 5.74) is 0. The van der Waals surface area contributed by atoms with E-state index >= 15 is 0 Å². The smallest absolute Gasteiger partial charge is 0.0194 e. The molecule has 0 bridgehead atoms. The molecule has 0 aromatic carbocycles. The van der Waals surface area contributed by atoms with Gasteiger partial charge in [-0.2, -0.15) is 11.8 Å². The Balaban J connectivity index is 1.77. The zero-order valence-electron chi connectivity index (χ0n) is 9.09. The van der Waals surface area contributed by atoms with Gasteiger partial charge in [-0.3, -0.25) is 0 Å². The van der Waals surface area contributed by atoms with Gasteiger partial charge >= 0.3 is 0 Å². The van der Waals surface area contributed by atoms with E-state index in [2.05, 4.69) is 29.3 Å². The fourth-order valence-corrected chi connectivity index (χ4v) is 3.78. The minimum absolute atomic E-state index is 0.774. The fourth-order valence-electron chi connectivity index (χ4n) is 2.36. The summed E-state index contributed by atoms with van der Waals surface area (Å²) < 4.78 is 0. The molecule has 2 rings (SSSR count). The lowest BCUT2D eigenvalue weighted by atomic mass is 10.0. The van der Waals surface area contributed by atoms with Crippen LogP contribution in [0.2, 0.25) is 0 Å². The molecule has 2 nitrogen and oxygen atoms in total. The van der Waals surface area contributed by atoms with E-state index in [0.717, 1.165) is 18.0 Å². The molecule has 3 heteroatoms. The molecule has 0 aromatic rings. The van der Waals surface area contributed by atoms with Gasteiger partial charge < -0.3 is 10.6 Å². The molecule has 0 saturated carbocycles. The summed E-state index contributed by atoms with van der Waals surface area (Å²) >= 11 is 2.11. The van der Waals surface area contributed by atoms with Crippen LogP contribution >= 0.6 is 11.8 Å². The van der Waals surface area contributed by atoms with Crippen LogP contribution in [0.25, 0.3) is 0 Å². The van der Waals surface area contributed by atoms with Gasteiger partial charge in [-0.15, -0.1) is 0 Å². The third kappa shape index (κ3) is 2.88. The predicted molar refractivity (Wildman–Crippen MR) is 63.9 cm³/mol. The molecular formula is C11H22N2S. The first-order chi connectivity index (χ1) is 6.86. The molecule has 3 unspecified atom stereocenters.